The summed E-state index contributed by atoms with van der Waals surface area (Å²) >= 11 is 1.85. The molecule has 1 aliphatic heterocycles. The summed E-state index contributed by atoms with van der Waals surface area (Å²) in [5, 5.41) is 7.47. The minimum absolute atomic E-state index is 0.628. The molecule has 0 aliphatic carbocycles. The third-order valence-electron chi connectivity index (χ3n) is 4.84. The van der Waals surface area contributed by atoms with E-state index in [4.69, 9.17) is 0 Å². The van der Waals surface area contributed by atoms with Crippen LogP contribution in [0.5, 0.6) is 0 Å². The Balaban J connectivity index is 1.27. The van der Waals surface area contributed by atoms with Crippen LogP contribution < -0.4 is 5.32 Å². The number of nitrogens with zero attached hydrogens (tertiary/aromatic N) is 2. The van der Waals surface area contributed by atoms with Crippen molar-refractivity contribution >= 4 is 21.4 Å². The van der Waals surface area contributed by atoms with Crippen LogP contribution in [0.4, 0.5) is 0 Å². The van der Waals surface area contributed by atoms with Crippen molar-refractivity contribution in [3.8, 4) is 0 Å². The van der Waals surface area contributed by atoms with Crippen LogP contribution in [0.3, 0.4) is 0 Å². The topological polar surface area (TPSA) is 28.2 Å². The van der Waals surface area contributed by atoms with Gasteiger partial charge in [-0.05, 0) is 47.4 Å². The quantitative estimate of drug-likeness (QED) is 0.761. The van der Waals surface area contributed by atoms with Gasteiger partial charge in [0, 0.05) is 43.1 Å². The van der Waals surface area contributed by atoms with Gasteiger partial charge >= 0.3 is 0 Å². The third-order valence-corrected chi connectivity index (χ3v) is 5.85. The highest BCUT2D eigenvalue weighted by molar-refractivity contribution is 7.17. The van der Waals surface area contributed by atoms with Gasteiger partial charge in [0.2, 0.25) is 0 Å². The van der Waals surface area contributed by atoms with E-state index >= 15 is 0 Å². The fourth-order valence-electron chi connectivity index (χ4n) is 3.44. The van der Waals surface area contributed by atoms with Crippen molar-refractivity contribution in [2.24, 2.45) is 0 Å². The van der Waals surface area contributed by atoms with Crippen molar-refractivity contribution in [3.05, 3.63) is 65.3 Å². The molecule has 1 aliphatic rings. The molecule has 124 valence electrons. The maximum Gasteiger partial charge on any atom is 0.0543 e. The Morgan fingerprint density at radius 3 is 2.75 bits per heavy atom. The number of likely N-dealkylation sites (tertiary alicyclic amines) is 1. The summed E-state index contributed by atoms with van der Waals surface area (Å²) in [6.45, 7) is 4.26. The number of fused-ring (bicyclic) bond motifs is 1. The molecule has 0 unspecified atom stereocenters. The number of rotatable bonds is 5. The van der Waals surface area contributed by atoms with Gasteiger partial charge in [0.1, 0.15) is 0 Å². The van der Waals surface area contributed by atoms with E-state index in [9.17, 15) is 0 Å². The minimum atomic E-state index is 0.628. The highest BCUT2D eigenvalue weighted by atomic mass is 32.1. The molecule has 4 rings (SSSR count). The van der Waals surface area contributed by atoms with E-state index in [1.807, 2.05) is 23.6 Å². The molecule has 0 spiro atoms. The molecular weight excluding hydrogens is 314 g/mol. The molecule has 3 heterocycles. The highest BCUT2D eigenvalue weighted by Gasteiger charge is 2.19. The van der Waals surface area contributed by atoms with Gasteiger partial charge in [-0.1, -0.05) is 24.3 Å². The van der Waals surface area contributed by atoms with Gasteiger partial charge in [0.25, 0.3) is 0 Å². The van der Waals surface area contributed by atoms with Gasteiger partial charge in [-0.3, -0.25) is 9.88 Å². The fraction of sp³-hybridized carbons (Fsp3) is 0.350. The van der Waals surface area contributed by atoms with Gasteiger partial charge in [-0.15, -0.1) is 11.3 Å². The zero-order valence-electron chi connectivity index (χ0n) is 13.8. The molecule has 0 radical (unpaired) electrons. The number of aromatic nitrogens is 1. The molecule has 0 bridgehead atoms. The van der Waals surface area contributed by atoms with Crippen molar-refractivity contribution in [2.75, 3.05) is 13.1 Å². The average Bonchev–Trinajstić information content (AvgIpc) is 3.05. The Hall–Kier alpha value is -1.75. The number of pyridine rings is 1. The van der Waals surface area contributed by atoms with Crippen molar-refractivity contribution in [1.29, 1.82) is 0 Å². The lowest BCUT2D eigenvalue weighted by molar-refractivity contribution is 0.188. The number of piperidine rings is 1. The van der Waals surface area contributed by atoms with Crippen LogP contribution in [-0.4, -0.2) is 29.0 Å². The van der Waals surface area contributed by atoms with Crippen LogP contribution >= 0.6 is 11.3 Å². The largest absolute Gasteiger partial charge is 0.310 e. The van der Waals surface area contributed by atoms with Crippen LogP contribution in [0.2, 0.25) is 0 Å². The molecule has 0 atom stereocenters. The van der Waals surface area contributed by atoms with Crippen LogP contribution in [0.15, 0.2) is 54.0 Å². The SMILES string of the molecule is c1ccc(CN2CCC(NCc3csc4ccccc34)CC2)nc1. The number of nitrogens with one attached hydrogen (secondary N) is 1. The molecule has 2 aromatic heterocycles. The lowest BCUT2D eigenvalue weighted by atomic mass is 10.0. The fourth-order valence-corrected chi connectivity index (χ4v) is 4.40. The Morgan fingerprint density at radius 2 is 1.92 bits per heavy atom. The smallest absolute Gasteiger partial charge is 0.0543 e. The van der Waals surface area contributed by atoms with Gasteiger partial charge in [0.15, 0.2) is 0 Å². The standard InChI is InChI=1S/C20H23N3S/c1-2-7-20-19(6-1)16(15-24-20)13-22-17-8-11-23(12-9-17)14-18-5-3-4-10-21-18/h1-7,10,15,17,22H,8-9,11-14H2. The molecule has 1 aromatic carbocycles. The molecule has 1 N–H and O–H groups in total. The van der Waals surface area contributed by atoms with E-state index in [-0.39, 0.29) is 0 Å². The Kier molecular flexibility index (Phi) is 4.88. The third kappa shape index (κ3) is 3.66. The van der Waals surface area contributed by atoms with E-state index in [1.165, 1.54) is 34.2 Å². The zero-order chi connectivity index (χ0) is 16.2. The molecule has 4 heteroatoms. The predicted octanol–water partition coefficient (Wildman–Crippen LogP) is 4.05. The summed E-state index contributed by atoms with van der Waals surface area (Å²) < 4.78 is 1.39. The van der Waals surface area contributed by atoms with Crippen LogP contribution in [0.25, 0.3) is 10.1 Å². The van der Waals surface area contributed by atoms with E-state index in [0.29, 0.717) is 6.04 Å². The summed E-state index contributed by atoms with van der Waals surface area (Å²) in [6.07, 6.45) is 4.32. The first kappa shape index (κ1) is 15.8. The molecule has 1 saturated heterocycles. The minimum Gasteiger partial charge on any atom is -0.310 e. The summed E-state index contributed by atoms with van der Waals surface area (Å²) in [5.41, 5.74) is 2.61. The summed E-state index contributed by atoms with van der Waals surface area (Å²) in [6, 6.07) is 15.5. The van der Waals surface area contributed by atoms with Gasteiger partial charge in [-0.25, -0.2) is 0 Å². The average molecular weight is 337 g/mol. The first-order valence-electron chi connectivity index (χ1n) is 8.69. The van der Waals surface area contributed by atoms with E-state index in [1.54, 1.807) is 0 Å². The summed E-state index contributed by atoms with van der Waals surface area (Å²) in [4.78, 5) is 6.95. The normalized spacial score (nSPS) is 16.7. The molecule has 1 fully saturated rings. The molecule has 0 amide bonds. The number of thiophene rings is 1. The van der Waals surface area contributed by atoms with Crippen molar-refractivity contribution in [2.45, 2.75) is 32.0 Å². The molecule has 0 saturated carbocycles. The Bertz CT molecular complexity index is 776. The van der Waals surface area contributed by atoms with E-state index in [0.717, 1.165) is 26.2 Å². The second-order valence-corrected chi connectivity index (χ2v) is 7.42. The van der Waals surface area contributed by atoms with Gasteiger partial charge in [-0.2, -0.15) is 0 Å². The highest BCUT2D eigenvalue weighted by Crippen LogP contribution is 2.25. The van der Waals surface area contributed by atoms with E-state index < -0.39 is 0 Å². The molecular formula is C20H23N3S. The number of hydrogen-bond donors (Lipinski definition) is 1. The number of benzene rings is 1. The maximum atomic E-state index is 4.43. The monoisotopic (exact) mass is 337 g/mol. The first-order chi connectivity index (χ1) is 11.9. The molecule has 3 aromatic rings. The summed E-state index contributed by atoms with van der Waals surface area (Å²) in [5.74, 6) is 0. The van der Waals surface area contributed by atoms with Crippen LogP contribution in [0, 0.1) is 0 Å². The van der Waals surface area contributed by atoms with Gasteiger partial charge in [0.05, 0.1) is 5.69 Å². The molecule has 3 nitrogen and oxygen atoms in total. The van der Waals surface area contributed by atoms with Gasteiger partial charge < -0.3 is 5.32 Å². The zero-order valence-corrected chi connectivity index (χ0v) is 14.6. The van der Waals surface area contributed by atoms with Crippen molar-refractivity contribution in [3.63, 3.8) is 0 Å². The van der Waals surface area contributed by atoms with Crippen LogP contribution in [-0.2, 0) is 13.1 Å². The second kappa shape index (κ2) is 7.43. The maximum absolute atomic E-state index is 4.43. The number of hydrogen-bond acceptors (Lipinski definition) is 4. The van der Waals surface area contributed by atoms with Crippen molar-refractivity contribution < 1.29 is 0 Å². The Labute approximate surface area is 147 Å². The lowest BCUT2D eigenvalue weighted by Gasteiger charge is -2.32. The van der Waals surface area contributed by atoms with Crippen LogP contribution in [0.1, 0.15) is 24.1 Å². The molecule has 24 heavy (non-hydrogen) atoms. The Morgan fingerprint density at radius 1 is 1.08 bits per heavy atom. The van der Waals surface area contributed by atoms with Crippen molar-refractivity contribution in [1.82, 2.24) is 15.2 Å². The summed E-state index contributed by atoms with van der Waals surface area (Å²) in [7, 11) is 0. The second-order valence-electron chi connectivity index (χ2n) is 6.51. The lowest BCUT2D eigenvalue weighted by Crippen LogP contribution is -2.41. The predicted molar refractivity (Wildman–Crippen MR) is 101 cm³/mol. The van der Waals surface area contributed by atoms with E-state index in [2.05, 4.69) is 57.0 Å². The first-order valence-corrected chi connectivity index (χ1v) is 9.57.